The number of nitrogens with zero attached hydrogens (tertiary/aromatic N) is 3. The average Bonchev–Trinajstić information content (AvgIpc) is 2.78. The normalized spacial score (nSPS) is 14.4. The second kappa shape index (κ2) is 6.16. The fraction of sp³-hybridized carbons (Fsp3) is 0.778. The highest BCUT2D eigenvalue weighted by Gasteiger charge is 2.19. The highest BCUT2D eigenvalue weighted by atomic mass is 16.2. The molecule has 1 rings (SSSR count). The Morgan fingerprint density at radius 2 is 2.38 bits per heavy atom. The zero-order chi connectivity index (χ0) is 12.0. The van der Waals surface area contributed by atoms with Gasteiger partial charge in [-0.25, -0.2) is 0 Å². The highest BCUT2D eigenvalue weighted by Crippen LogP contribution is 2.09. The van der Waals surface area contributed by atoms with Crippen LogP contribution in [0.1, 0.15) is 38.6 Å². The topological polar surface area (TPSA) is 110 Å². The summed E-state index contributed by atoms with van der Waals surface area (Å²) in [4.78, 5) is 11.8. The van der Waals surface area contributed by atoms with Crippen LogP contribution in [-0.2, 0) is 4.79 Å². The van der Waals surface area contributed by atoms with E-state index in [1.54, 1.807) is 0 Å². The van der Waals surface area contributed by atoms with Crippen LogP contribution in [-0.4, -0.2) is 33.1 Å². The minimum Gasteiger partial charge on any atom is -0.346 e. The van der Waals surface area contributed by atoms with E-state index in [0.29, 0.717) is 12.4 Å². The first-order chi connectivity index (χ1) is 7.69. The molecule has 7 heteroatoms. The van der Waals surface area contributed by atoms with Crippen LogP contribution in [0.4, 0.5) is 0 Å². The van der Waals surface area contributed by atoms with Crippen molar-refractivity contribution in [3.8, 4) is 0 Å². The van der Waals surface area contributed by atoms with Crippen LogP contribution in [0.5, 0.6) is 0 Å². The van der Waals surface area contributed by atoms with Gasteiger partial charge in [-0.2, -0.15) is 5.21 Å². The summed E-state index contributed by atoms with van der Waals surface area (Å²) in [7, 11) is 0. The third-order valence-electron chi connectivity index (χ3n) is 2.40. The molecule has 0 aliphatic rings. The predicted octanol–water partition coefficient (Wildman–Crippen LogP) is -0.248. The lowest BCUT2D eigenvalue weighted by Gasteiger charge is -2.16. The first-order valence-corrected chi connectivity index (χ1v) is 5.42. The number of aromatic nitrogens is 4. The van der Waals surface area contributed by atoms with Crippen molar-refractivity contribution in [2.75, 3.05) is 6.54 Å². The number of carbonyl (C=O) groups is 1. The zero-order valence-electron chi connectivity index (χ0n) is 9.60. The van der Waals surface area contributed by atoms with E-state index in [4.69, 9.17) is 5.73 Å². The van der Waals surface area contributed by atoms with Crippen LogP contribution in [0.3, 0.4) is 0 Å². The molecule has 0 spiro atoms. The van der Waals surface area contributed by atoms with Crippen molar-refractivity contribution in [3.05, 3.63) is 5.82 Å². The summed E-state index contributed by atoms with van der Waals surface area (Å²) in [5.74, 6) is 0.279. The minimum atomic E-state index is -0.253. The molecule has 0 bridgehead atoms. The van der Waals surface area contributed by atoms with E-state index in [2.05, 4.69) is 25.9 Å². The van der Waals surface area contributed by atoms with Gasteiger partial charge in [0.25, 0.3) is 0 Å². The van der Waals surface area contributed by atoms with Crippen molar-refractivity contribution in [3.63, 3.8) is 0 Å². The number of amides is 1. The van der Waals surface area contributed by atoms with E-state index in [0.717, 1.165) is 12.8 Å². The second-order valence-corrected chi connectivity index (χ2v) is 3.72. The maximum atomic E-state index is 11.8. The van der Waals surface area contributed by atoms with Gasteiger partial charge in [0, 0.05) is 6.54 Å². The summed E-state index contributed by atoms with van der Waals surface area (Å²) >= 11 is 0. The molecule has 2 atom stereocenters. The summed E-state index contributed by atoms with van der Waals surface area (Å²) in [6.07, 6.45) is 1.73. The zero-order valence-corrected chi connectivity index (χ0v) is 9.60. The van der Waals surface area contributed by atoms with Gasteiger partial charge >= 0.3 is 0 Å². The maximum Gasteiger partial charge on any atom is 0.224 e. The Kier molecular flexibility index (Phi) is 4.84. The van der Waals surface area contributed by atoms with Gasteiger partial charge < -0.3 is 11.1 Å². The Bertz CT molecular complexity index is 312. The van der Waals surface area contributed by atoms with Crippen LogP contribution in [0.2, 0.25) is 0 Å². The Labute approximate surface area is 94.2 Å². The van der Waals surface area contributed by atoms with E-state index in [1.165, 1.54) is 0 Å². The Balaban J connectivity index is 2.50. The van der Waals surface area contributed by atoms with Gasteiger partial charge in [-0.1, -0.05) is 18.6 Å². The van der Waals surface area contributed by atoms with E-state index in [-0.39, 0.29) is 17.9 Å². The molecule has 0 fully saturated rings. The van der Waals surface area contributed by atoms with Crippen LogP contribution in [0.25, 0.3) is 0 Å². The quantitative estimate of drug-likeness (QED) is 0.619. The van der Waals surface area contributed by atoms with Crippen molar-refractivity contribution >= 4 is 5.91 Å². The van der Waals surface area contributed by atoms with Crippen LogP contribution in [0, 0.1) is 5.92 Å². The molecule has 0 aliphatic carbocycles. The lowest BCUT2D eigenvalue weighted by Crippen LogP contribution is -2.36. The molecular formula is C9H18N6O. The van der Waals surface area contributed by atoms with Gasteiger partial charge in [-0.3, -0.25) is 4.79 Å². The Morgan fingerprint density at radius 3 is 2.88 bits per heavy atom. The molecule has 4 N–H and O–H groups in total. The summed E-state index contributed by atoms with van der Waals surface area (Å²) < 4.78 is 0. The van der Waals surface area contributed by atoms with Gasteiger partial charge in [0.2, 0.25) is 5.91 Å². The molecule has 0 aliphatic heterocycles. The molecule has 0 saturated heterocycles. The fourth-order valence-corrected chi connectivity index (χ4v) is 1.45. The average molecular weight is 226 g/mol. The lowest BCUT2D eigenvalue weighted by atomic mass is 10.0. The first kappa shape index (κ1) is 12.6. The molecule has 0 radical (unpaired) electrons. The molecule has 1 aromatic heterocycles. The summed E-state index contributed by atoms with van der Waals surface area (Å²) in [5, 5.41) is 16.2. The maximum absolute atomic E-state index is 11.8. The van der Waals surface area contributed by atoms with E-state index >= 15 is 0 Å². The molecule has 1 heterocycles. The van der Waals surface area contributed by atoms with Crippen molar-refractivity contribution in [2.24, 2.45) is 11.7 Å². The smallest absolute Gasteiger partial charge is 0.224 e. The van der Waals surface area contributed by atoms with Crippen LogP contribution >= 0.6 is 0 Å². The van der Waals surface area contributed by atoms with Gasteiger partial charge in [-0.15, -0.1) is 10.2 Å². The van der Waals surface area contributed by atoms with Gasteiger partial charge in [0.1, 0.15) is 0 Å². The van der Waals surface area contributed by atoms with Crippen molar-refractivity contribution in [2.45, 2.75) is 32.7 Å². The first-order valence-electron chi connectivity index (χ1n) is 5.42. The van der Waals surface area contributed by atoms with Crippen LogP contribution in [0.15, 0.2) is 0 Å². The Hall–Kier alpha value is -1.50. The lowest BCUT2D eigenvalue weighted by molar-refractivity contribution is -0.125. The number of hydrogen-bond donors (Lipinski definition) is 3. The van der Waals surface area contributed by atoms with Crippen molar-refractivity contribution < 1.29 is 4.79 Å². The highest BCUT2D eigenvalue weighted by molar-refractivity contribution is 5.79. The summed E-state index contributed by atoms with van der Waals surface area (Å²) in [6.45, 7) is 4.19. The number of hydrogen-bond acceptors (Lipinski definition) is 5. The number of nitrogens with one attached hydrogen (secondary N) is 2. The molecule has 2 unspecified atom stereocenters. The van der Waals surface area contributed by atoms with Crippen LogP contribution < -0.4 is 11.1 Å². The molecule has 7 nitrogen and oxygen atoms in total. The number of H-pyrrole nitrogens is 1. The largest absolute Gasteiger partial charge is 0.346 e. The summed E-state index contributed by atoms with van der Waals surface area (Å²) in [6, 6.07) is -0.253. The van der Waals surface area contributed by atoms with Crippen molar-refractivity contribution in [1.29, 1.82) is 0 Å². The Morgan fingerprint density at radius 1 is 1.62 bits per heavy atom. The molecule has 1 aromatic rings. The van der Waals surface area contributed by atoms with E-state index in [9.17, 15) is 4.79 Å². The SMILES string of the molecule is CCCC(CN)C(=O)NC(C)c1nn[nH]n1. The molecule has 0 saturated carbocycles. The summed E-state index contributed by atoms with van der Waals surface area (Å²) in [5.41, 5.74) is 5.54. The number of aromatic amines is 1. The van der Waals surface area contributed by atoms with Gasteiger partial charge in [0.05, 0.1) is 12.0 Å². The predicted molar refractivity (Wildman–Crippen MR) is 58.2 cm³/mol. The molecule has 1 amide bonds. The molecule has 0 aromatic carbocycles. The number of tetrazole rings is 1. The molecule has 90 valence electrons. The number of nitrogens with two attached hydrogens (primary N) is 1. The third kappa shape index (κ3) is 3.27. The monoisotopic (exact) mass is 226 g/mol. The minimum absolute atomic E-state index is 0.0540. The standard InChI is InChI=1S/C9H18N6O/c1-3-4-7(5-10)9(16)11-6(2)8-12-14-15-13-8/h6-7H,3-5,10H2,1-2H3,(H,11,16)(H,12,13,14,15). The number of rotatable bonds is 6. The fourth-order valence-electron chi connectivity index (χ4n) is 1.45. The third-order valence-corrected chi connectivity index (χ3v) is 2.40. The number of carbonyl (C=O) groups excluding carboxylic acids is 1. The second-order valence-electron chi connectivity index (χ2n) is 3.72. The van der Waals surface area contributed by atoms with Crippen molar-refractivity contribution in [1.82, 2.24) is 25.9 Å². The van der Waals surface area contributed by atoms with Gasteiger partial charge in [0.15, 0.2) is 5.82 Å². The van der Waals surface area contributed by atoms with E-state index < -0.39 is 0 Å². The molecule has 16 heavy (non-hydrogen) atoms. The molecular weight excluding hydrogens is 208 g/mol. The van der Waals surface area contributed by atoms with E-state index in [1.807, 2.05) is 13.8 Å². The van der Waals surface area contributed by atoms with Gasteiger partial charge in [-0.05, 0) is 13.3 Å².